The van der Waals surface area contributed by atoms with E-state index in [0.29, 0.717) is 37.5 Å². The van der Waals surface area contributed by atoms with Crippen LogP contribution in [0.4, 0.5) is 11.5 Å². The number of ketones is 1. The molecule has 0 aliphatic carbocycles. The number of aryl methyl sites for hydroxylation is 1. The highest BCUT2D eigenvalue weighted by Crippen LogP contribution is 2.42. The number of nitrogen functional groups attached to an aromatic ring is 2. The van der Waals surface area contributed by atoms with Gasteiger partial charge in [0.2, 0.25) is 5.78 Å². The van der Waals surface area contributed by atoms with E-state index in [2.05, 4.69) is 11.1 Å². The molecule has 2 aromatic carbocycles. The zero-order valence-corrected chi connectivity index (χ0v) is 15.9. The van der Waals surface area contributed by atoms with Crippen LogP contribution in [0.15, 0.2) is 54.6 Å². The maximum atomic E-state index is 13.0. The molecule has 0 atom stereocenters. The number of nitrogens with one attached hydrogen (secondary N) is 1. The minimum absolute atomic E-state index is 0.152. The summed E-state index contributed by atoms with van der Waals surface area (Å²) in [4.78, 5) is 17.2. The van der Waals surface area contributed by atoms with E-state index in [9.17, 15) is 10.1 Å². The monoisotopic (exact) mass is 385 g/mol. The lowest BCUT2D eigenvalue weighted by Crippen LogP contribution is -2.14. The molecule has 2 heterocycles. The number of H-pyrrole nitrogens is 1. The first-order valence-corrected chi connectivity index (χ1v) is 9.47. The molecule has 0 aliphatic heterocycles. The molecule has 5 nitrogen and oxygen atoms in total. The summed E-state index contributed by atoms with van der Waals surface area (Å²) in [7, 11) is 0. The van der Waals surface area contributed by atoms with E-state index in [4.69, 9.17) is 11.5 Å². The Morgan fingerprint density at radius 3 is 2.43 bits per heavy atom. The quantitative estimate of drug-likeness (QED) is 0.520. The van der Waals surface area contributed by atoms with E-state index in [1.54, 1.807) is 12.1 Å². The predicted octanol–water partition coefficient (Wildman–Crippen LogP) is 3.96. The van der Waals surface area contributed by atoms with Gasteiger partial charge in [0.25, 0.3) is 5.82 Å². The van der Waals surface area contributed by atoms with Crippen LogP contribution in [-0.4, -0.2) is 5.78 Å². The van der Waals surface area contributed by atoms with Crippen molar-refractivity contribution in [2.45, 2.75) is 6.92 Å². The SMILES string of the molecule is Cc1ccccc1-c1c(C#N)c(N)[nH+]c2sc(C(=O)c3ccccc3)c(N)c12. The molecule has 0 aliphatic rings. The molecule has 5 N–H and O–H groups in total. The Morgan fingerprint density at radius 1 is 1.07 bits per heavy atom. The van der Waals surface area contributed by atoms with Gasteiger partial charge in [0, 0.05) is 11.1 Å². The molecular weight excluding hydrogens is 368 g/mol. The van der Waals surface area contributed by atoms with E-state index in [-0.39, 0.29) is 11.6 Å². The molecule has 4 rings (SSSR count). The van der Waals surface area contributed by atoms with Gasteiger partial charge in [-0.05, 0) is 18.1 Å². The number of benzene rings is 2. The molecule has 136 valence electrons. The van der Waals surface area contributed by atoms with Crippen LogP contribution in [0.2, 0.25) is 0 Å². The molecule has 0 amide bonds. The van der Waals surface area contributed by atoms with E-state index >= 15 is 0 Å². The van der Waals surface area contributed by atoms with Gasteiger partial charge in [-0.2, -0.15) is 5.26 Å². The number of thiophene rings is 1. The highest BCUT2D eigenvalue weighted by atomic mass is 32.1. The number of hydrogen-bond acceptors (Lipinski definition) is 5. The number of carbonyl (C=O) groups is 1. The maximum absolute atomic E-state index is 13.0. The van der Waals surface area contributed by atoms with Crippen molar-refractivity contribution in [1.82, 2.24) is 0 Å². The second-order valence-electron chi connectivity index (χ2n) is 6.46. The minimum Gasteiger partial charge on any atom is -0.397 e. The Balaban J connectivity index is 2.07. The van der Waals surface area contributed by atoms with E-state index in [1.165, 1.54) is 11.3 Å². The number of aromatic nitrogens is 1. The standard InChI is InChI=1S/C22H16N4OS/c1-12-7-5-6-10-14(12)16-15(11-23)21(25)26-22-17(16)18(24)20(28-22)19(27)13-8-3-2-4-9-13/h2-10H,24H2,1H3,(H2,25,26)/p+1. The summed E-state index contributed by atoms with van der Waals surface area (Å²) in [6, 6.07) is 18.9. The average Bonchev–Trinajstić information content (AvgIpc) is 3.03. The Bertz CT molecular complexity index is 1270. The largest absolute Gasteiger partial charge is 0.397 e. The Morgan fingerprint density at radius 2 is 1.75 bits per heavy atom. The topological polar surface area (TPSA) is 107 Å². The van der Waals surface area contributed by atoms with Crippen molar-refractivity contribution < 1.29 is 9.78 Å². The van der Waals surface area contributed by atoms with Crippen LogP contribution in [0.25, 0.3) is 21.3 Å². The zero-order valence-electron chi connectivity index (χ0n) is 15.1. The predicted molar refractivity (Wildman–Crippen MR) is 112 cm³/mol. The van der Waals surface area contributed by atoms with Crippen molar-refractivity contribution in [2.24, 2.45) is 0 Å². The normalized spacial score (nSPS) is 10.7. The summed E-state index contributed by atoms with van der Waals surface area (Å²) >= 11 is 1.26. The van der Waals surface area contributed by atoms with Gasteiger partial charge >= 0.3 is 0 Å². The molecule has 0 bridgehead atoms. The van der Waals surface area contributed by atoms with Crippen LogP contribution in [-0.2, 0) is 0 Å². The Labute approximate surface area is 165 Å². The van der Waals surface area contributed by atoms with Crippen LogP contribution in [0, 0.1) is 18.3 Å². The molecule has 0 saturated carbocycles. The van der Waals surface area contributed by atoms with Crippen LogP contribution in [0.1, 0.15) is 26.4 Å². The highest BCUT2D eigenvalue weighted by molar-refractivity contribution is 7.21. The summed E-state index contributed by atoms with van der Waals surface area (Å²) < 4.78 is 0. The fraction of sp³-hybridized carbons (Fsp3) is 0.0455. The number of aromatic amines is 1. The molecule has 0 spiro atoms. The lowest BCUT2D eigenvalue weighted by Gasteiger charge is -2.10. The minimum atomic E-state index is -0.152. The molecule has 0 unspecified atom stereocenters. The number of anilines is 2. The van der Waals surface area contributed by atoms with Crippen LogP contribution in [0.3, 0.4) is 0 Å². The second-order valence-corrected chi connectivity index (χ2v) is 7.48. The Kier molecular flexibility index (Phi) is 4.30. The fourth-order valence-corrected chi connectivity index (χ4v) is 4.45. The summed E-state index contributed by atoms with van der Waals surface area (Å²) in [5, 5.41) is 10.4. The van der Waals surface area contributed by atoms with Crippen molar-refractivity contribution in [2.75, 3.05) is 11.5 Å². The first-order valence-electron chi connectivity index (χ1n) is 8.65. The van der Waals surface area contributed by atoms with E-state index < -0.39 is 0 Å². The number of fused-ring (bicyclic) bond motifs is 1. The van der Waals surface area contributed by atoms with E-state index in [0.717, 1.165) is 11.1 Å². The van der Waals surface area contributed by atoms with Crippen molar-refractivity contribution in [3.63, 3.8) is 0 Å². The molecule has 2 aromatic heterocycles. The maximum Gasteiger partial charge on any atom is 0.290 e. The highest BCUT2D eigenvalue weighted by Gasteiger charge is 2.27. The fourth-order valence-electron chi connectivity index (χ4n) is 3.35. The summed E-state index contributed by atoms with van der Waals surface area (Å²) in [6.45, 7) is 1.97. The van der Waals surface area contributed by atoms with Gasteiger partial charge in [0.15, 0.2) is 4.83 Å². The van der Waals surface area contributed by atoms with Crippen LogP contribution in [0.5, 0.6) is 0 Å². The van der Waals surface area contributed by atoms with Gasteiger partial charge < -0.3 is 5.73 Å². The van der Waals surface area contributed by atoms with Crippen LogP contribution < -0.4 is 16.5 Å². The summed E-state index contributed by atoms with van der Waals surface area (Å²) in [5.41, 5.74) is 16.4. The van der Waals surface area contributed by atoms with Crippen molar-refractivity contribution >= 4 is 38.8 Å². The third-order valence-electron chi connectivity index (χ3n) is 4.73. The van der Waals surface area contributed by atoms with Gasteiger partial charge in [-0.25, -0.2) is 4.98 Å². The molecule has 6 heteroatoms. The van der Waals surface area contributed by atoms with Gasteiger partial charge in [0.1, 0.15) is 16.5 Å². The van der Waals surface area contributed by atoms with Crippen molar-refractivity contribution in [1.29, 1.82) is 5.26 Å². The summed E-state index contributed by atoms with van der Waals surface area (Å²) in [5.74, 6) is 0.105. The molecule has 0 saturated heterocycles. The summed E-state index contributed by atoms with van der Waals surface area (Å²) in [6.07, 6.45) is 0. The Hall–Kier alpha value is -3.69. The number of pyridine rings is 1. The third kappa shape index (κ3) is 2.70. The van der Waals surface area contributed by atoms with Gasteiger partial charge in [-0.1, -0.05) is 65.9 Å². The first kappa shape index (κ1) is 17.7. The first-order chi connectivity index (χ1) is 13.5. The van der Waals surface area contributed by atoms with E-state index in [1.807, 2.05) is 49.4 Å². The van der Waals surface area contributed by atoms with Crippen LogP contribution >= 0.6 is 11.3 Å². The molecule has 0 fully saturated rings. The molecular formula is C22H17N4OS+. The number of rotatable bonds is 3. The van der Waals surface area contributed by atoms with Gasteiger partial charge in [-0.3, -0.25) is 10.5 Å². The van der Waals surface area contributed by atoms with Crippen molar-refractivity contribution in [3.8, 4) is 17.2 Å². The third-order valence-corrected chi connectivity index (χ3v) is 5.85. The lowest BCUT2D eigenvalue weighted by atomic mass is 9.93. The molecule has 28 heavy (non-hydrogen) atoms. The molecule has 0 radical (unpaired) electrons. The average molecular weight is 385 g/mol. The number of nitrogens with two attached hydrogens (primary N) is 2. The lowest BCUT2D eigenvalue weighted by molar-refractivity contribution is -0.323. The number of nitrogens with zero attached hydrogens (tertiary/aromatic N) is 1. The number of carbonyl (C=O) groups excluding carboxylic acids is 1. The molecule has 4 aromatic rings. The van der Waals surface area contributed by atoms with Gasteiger partial charge in [-0.15, -0.1) is 0 Å². The zero-order chi connectivity index (χ0) is 19.8. The van der Waals surface area contributed by atoms with Crippen molar-refractivity contribution in [3.05, 3.63) is 76.2 Å². The number of hydrogen-bond donors (Lipinski definition) is 2. The number of nitriles is 1. The second kappa shape index (κ2) is 6.80. The van der Waals surface area contributed by atoms with Gasteiger partial charge in [0.05, 0.1) is 11.1 Å². The smallest absolute Gasteiger partial charge is 0.290 e.